The van der Waals surface area contributed by atoms with Crippen molar-refractivity contribution in [1.29, 1.82) is 0 Å². The first-order valence-corrected chi connectivity index (χ1v) is 9.75. The number of carbonyl (C=O) groups is 1. The molecule has 4 bridgehead atoms. The molecule has 1 aromatic rings. The Kier molecular flexibility index (Phi) is 4.18. The number of aryl methyl sites for hydroxylation is 2. The van der Waals surface area contributed by atoms with Crippen LogP contribution in [0.1, 0.15) is 72.9 Å². The smallest absolute Gasteiger partial charge is 0.337 e. The monoisotopic (exact) mass is 326 g/mol. The van der Waals surface area contributed by atoms with Crippen LogP contribution < -0.4 is 0 Å². The van der Waals surface area contributed by atoms with E-state index in [-0.39, 0.29) is 5.97 Å². The average Bonchev–Trinajstić information content (AvgIpc) is 2.54. The first kappa shape index (κ1) is 16.2. The number of ether oxygens (including phenoxy) is 1. The fourth-order valence-electron chi connectivity index (χ4n) is 6.47. The lowest BCUT2D eigenvalue weighted by atomic mass is 9.48. The van der Waals surface area contributed by atoms with Crippen molar-refractivity contribution in [3.63, 3.8) is 0 Å². The third-order valence-electron chi connectivity index (χ3n) is 7.08. The minimum atomic E-state index is -0.238. The van der Waals surface area contributed by atoms with Gasteiger partial charge in [0.25, 0.3) is 0 Å². The van der Waals surface area contributed by atoms with Gasteiger partial charge in [-0.05, 0) is 111 Å². The molecular weight excluding hydrogens is 296 g/mol. The normalized spacial score (nSPS) is 33.7. The molecule has 0 atom stereocenters. The molecule has 2 nitrogen and oxygen atoms in total. The highest BCUT2D eigenvalue weighted by molar-refractivity contribution is 5.89. The molecule has 4 saturated carbocycles. The number of esters is 1. The van der Waals surface area contributed by atoms with Crippen LogP contribution in [0.5, 0.6) is 0 Å². The van der Waals surface area contributed by atoms with E-state index in [0.29, 0.717) is 11.0 Å². The second-order valence-corrected chi connectivity index (χ2v) is 8.90. The Bertz CT molecular complexity index is 596. The lowest BCUT2D eigenvalue weighted by molar-refractivity contribution is -0.0580. The van der Waals surface area contributed by atoms with Crippen LogP contribution in [-0.2, 0) is 11.2 Å². The molecule has 0 unspecified atom stereocenters. The van der Waals surface area contributed by atoms with Crippen molar-refractivity contribution < 1.29 is 9.53 Å². The predicted molar refractivity (Wildman–Crippen MR) is 96.1 cm³/mol. The van der Waals surface area contributed by atoms with Gasteiger partial charge in [-0.25, -0.2) is 4.79 Å². The summed E-state index contributed by atoms with van der Waals surface area (Å²) in [4.78, 5) is 11.6. The average molecular weight is 326 g/mol. The maximum atomic E-state index is 11.6. The lowest BCUT2D eigenvalue weighted by Gasteiger charge is -2.57. The van der Waals surface area contributed by atoms with E-state index < -0.39 is 0 Å². The molecule has 24 heavy (non-hydrogen) atoms. The van der Waals surface area contributed by atoms with Crippen LogP contribution in [0.25, 0.3) is 0 Å². The summed E-state index contributed by atoms with van der Waals surface area (Å²) in [6, 6.07) is 6.02. The quantitative estimate of drug-likeness (QED) is 0.684. The van der Waals surface area contributed by atoms with Crippen molar-refractivity contribution in [1.82, 2.24) is 0 Å². The summed E-state index contributed by atoms with van der Waals surface area (Å²) in [6.07, 6.45) is 13.0. The zero-order valence-corrected chi connectivity index (χ0v) is 15.1. The molecule has 0 radical (unpaired) electrons. The topological polar surface area (TPSA) is 26.3 Å². The Morgan fingerprint density at radius 1 is 1.12 bits per heavy atom. The molecule has 4 fully saturated rings. The largest absolute Gasteiger partial charge is 0.465 e. The van der Waals surface area contributed by atoms with Gasteiger partial charge in [0.05, 0.1) is 12.7 Å². The summed E-state index contributed by atoms with van der Waals surface area (Å²) < 4.78 is 4.81. The molecule has 4 aliphatic carbocycles. The van der Waals surface area contributed by atoms with Crippen LogP contribution in [-0.4, -0.2) is 13.1 Å². The highest BCUT2D eigenvalue weighted by Crippen LogP contribution is 2.61. The zero-order chi connectivity index (χ0) is 16.7. The van der Waals surface area contributed by atoms with Gasteiger partial charge in [0.15, 0.2) is 0 Å². The van der Waals surface area contributed by atoms with Crippen molar-refractivity contribution in [3.8, 4) is 0 Å². The van der Waals surface area contributed by atoms with Gasteiger partial charge in [-0.1, -0.05) is 6.07 Å². The number of hydrogen-bond acceptors (Lipinski definition) is 2. The second-order valence-electron chi connectivity index (χ2n) is 8.90. The van der Waals surface area contributed by atoms with Gasteiger partial charge in [-0.15, -0.1) is 0 Å². The Morgan fingerprint density at radius 3 is 2.29 bits per heavy atom. The molecule has 4 aliphatic rings. The Hall–Kier alpha value is -1.31. The molecule has 0 heterocycles. The van der Waals surface area contributed by atoms with E-state index in [1.54, 1.807) is 0 Å². The summed E-state index contributed by atoms with van der Waals surface area (Å²) in [5.74, 6) is 2.92. The van der Waals surface area contributed by atoms with Crippen LogP contribution in [0.4, 0.5) is 0 Å². The SMILES string of the molecule is COC(=O)c1ccc(CCCC23CC4CC(CC(C4)C2)C3)c(C)c1. The number of hydrogen-bond donors (Lipinski definition) is 0. The lowest BCUT2D eigenvalue weighted by Crippen LogP contribution is -2.45. The maximum Gasteiger partial charge on any atom is 0.337 e. The Labute approximate surface area is 146 Å². The molecule has 0 saturated heterocycles. The van der Waals surface area contributed by atoms with Gasteiger partial charge in [0.2, 0.25) is 0 Å². The van der Waals surface area contributed by atoms with Gasteiger partial charge in [-0.3, -0.25) is 0 Å². The first-order chi connectivity index (χ1) is 11.6. The summed E-state index contributed by atoms with van der Waals surface area (Å²) >= 11 is 0. The van der Waals surface area contributed by atoms with Gasteiger partial charge in [0.1, 0.15) is 0 Å². The molecule has 130 valence electrons. The van der Waals surface area contributed by atoms with Crippen molar-refractivity contribution in [3.05, 3.63) is 34.9 Å². The molecule has 0 N–H and O–H groups in total. The number of carbonyl (C=O) groups excluding carboxylic acids is 1. The zero-order valence-electron chi connectivity index (χ0n) is 15.1. The van der Waals surface area contributed by atoms with Crippen LogP contribution >= 0.6 is 0 Å². The first-order valence-electron chi connectivity index (χ1n) is 9.75. The van der Waals surface area contributed by atoms with Gasteiger partial charge in [-0.2, -0.15) is 0 Å². The molecule has 5 rings (SSSR count). The van der Waals surface area contributed by atoms with Crippen molar-refractivity contribution in [2.75, 3.05) is 7.11 Å². The third-order valence-corrected chi connectivity index (χ3v) is 7.08. The summed E-state index contributed by atoms with van der Waals surface area (Å²) in [5.41, 5.74) is 3.98. The van der Waals surface area contributed by atoms with Crippen LogP contribution in [0, 0.1) is 30.1 Å². The van der Waals surface area contributed by atoms with E-state index in [0.717, 1.165) is 24.2 Å². The number of methoxy groups -OCH3 is 1. The number of benzene rings is 1. The van der Waals surface area contributed by atoms with Crippen LogP contribution in [0.15, 0.2) is 18.2 Å². The van der Waals surface area contributed by atoms with Crippen molar-refractivity contribution >= 4 is 5.97 Å². The van der Waals surface area contributed by atoms with E-state index in [1.807, 2.05) is 12.1 Å². The van der Waals surface area contributed by atoms with E-state index in [2.05, 4.69) is 13.0 Å². The van der Waals surface area contributed by atoms with E-state index in [4.69, 9.17) is 4.74 Å². The summed E-state index contributed by atoms with van der Waals surface area (Å²) in [5, 5.41) is 0. The standard InChI is InChI=1S/C22H30O2/c1-15-8-20(21(23)24-2)6-5-19(15)4-3-7-22-12-16-9-17(13-22)11-18(10-16)14-22/h5-6,8,16-18H,3-4,7,9-14H2,1-2H3. The molecule has 1 aromatic carbocycles. The highest BCUT2D eigenvalue weighted by atomic mass is 16.5. The highest BCUT2D eigenvalue weighted by Gasteiger charge is 2.50. The Balaban J connectivity index is 1.37. The number of rotatable bonds is 5. The van der Waals surface area contributed by atoms with Gasteiger partial charge >= 0.3 is 5.97 Å². The predicted octanol–water partition coefficient (Wildman–Crippen LogP) is 5.32. The van der Waals surface area contributed by atoms with Crippen molar-refractivity contribution in [2.45, 2.75) is 64.7 Å². The molecule has 0 aromatic heterocycles. The Morgan fingerprint density at radius 2 is 1.75 bits per heavy atom. The van der Waals surface area contributed by atoms with Gasteiger partial charge in [0, 0.05) is 0 Å². The second kappa shape index (κ2) is 6.20. The summed E-state index contributed by atoms with van der Waals surface area (Å²) in [7, 11) is 1.44. The minimum Gasteiger partial charge on any atom is -0.465 e. The fraction of sp³-hybridized carbons (Fsp3) is 0.682. The van der Waals surface area contributed by atoms with Crippen LogP contribution in [0.3, 0.4) is 0 Å². The molecule has 0 amide bonds. The van der Waals surface area contributed by atoms with Crippen molar-refractivity contribution in [2.24, 2.45) is 23.2 Å². The maximum absolute atomic E-state index is 11.6. The van der Waals surface area contributed by atoms with Gasteiger partial charge < -0.3 is 4.74 Å². The fourth-order valence-corrected chi connectivity index (χ4v) is 6.47. The minimum absolute atomic E-state index is 0.238. The molecule has 0 aliphatic heterocycles. The van der Waals surface area contributed by atoms with E-state index in [9.17, 15) is 4.79 Å². The van der Waals surface area contributed by atoms with E-state index in [1.165, 1.54) is 69.6 Å². The van der Waals surface area contributed by atoms with E-state index >= 15 is 0 Å². The van der Waals surface area contributed by atoms with Crippen LogP contribution in [0.2, 0.25) is 0 Å². The summed E-state index contributed by atoms with van der Waals surface area (Å²) in [6.45, 7) is 2.12. The molecule has 0 spiro atoms. The third kappa shape index (κ3) is 3.00. The molecular formula is C22H30O2. The molecule has 2 heteroatoms.